The van der Waals surface area contributed by atoms with Crippen molar-refractivity contribution in [1.82, 2.24) is 20.0 Å². The summed E-state index contributed by atoms with van der Waals surface area (Å²) in [6, 6.07) is 15.2. The largest absolute Gasteiger partial charge is 0.490 e. The highest BCUT2D eigenvalue weighted by molar-refractivity contribution is 7.11. The number of carbonyl (C=O) groups is 1. The number of carboxylic acid groups (broad SMARTS) is 1. The molecule has 2 aromatic heterocycles. The van der Waals surface area contributed by atoms with E-state index in [4.69, 9.17) is 19.7 Å². The lowest BCUT2D eigenvalue weighted by Crippen LogP contribution is -2.43. The molecule has 0 atom stereocenters. The zero-order chi connectivity index (χ0) is 31.4. The molecule has 0 radical (unpaired) electrons. The van der Waals surface area contributed by atoms with Crippen molar-refractivity contribution >= 4 is 17.3 Å². The first kappa shape index (κ1) is 31.3. The van der Waals surface area contributed by atoms with E-state index in [0.29, 0.717) is 6.61 Å². The van der Waals surface area contributed by atoms with Gasteiger partial charge in [-0.15, -0.1) is 11.3 Å². The molecule has 7 nitrogen and oxygen atoms in total. The molecule has 230 valence electrons. The first-order chi connectivity index (χ1) is 21.0. The second-order valence-electron chi connectivity index (χ2n) is 11.0. The van der Waals surface area contributed by atoms with E-state index < -0.39 is 12.1 Å². The minimum Gasteiger partial charge on any atom is -0.481 e. The van der Waals surface area contributed by atoms with Crippen molar-refractivity contribution in [2.24, 2.45) is 0 Å². The fraction of sp³-hybridized carbons (Fsp3) is 0.333. The molecule has 4 aromatic rings. The predicted molar refractivity (Wildman–Crippen MR) is 165 cm³/mol. The van der Waals surface area contributed by atoms with E-state index in [2.05, 4.69) is 89.4 Å². The van der Waals surface area contributed by atoms with Crippen LogP contribution in [-0.4, -0.2) is 77.1 Å². The van der Waals surface area contributed by atoms with Crippen molar-refractivity contribution in [2.45, 2.75) is 33.0 Å². The van der Waals surface area contributed by atoms with Crippen molar-refractivity contribution in [3.63, 3.8) is 0 Å². The Morgan fingerprint density at radius 3 is 2.55 bits per heavy atom. The lowest BCUT2D eigenvalue weighted by molar-refractivity contribution is -0.192. The number of rotatable bonds is 5. The van der Waals surface area contributed by atoms with Crippen molar-refractivity contribution in [2.75, 3.05) is 39.8 Å². The molecule has 0 bridgehead atoms. The topological polar surface area (TPSA) is 81.7 Å². The fourth-order valence-electron chi connectivity index (χ4n) is 5.16. The second-order valence-corrected chi connectivity index (χ2v) is 11.9. The van der Waals surface area contributed by atoms with E-state index in [1.165, 1.54) is 33.4 Å². The number of likely N-dealkylation sites (N-methyl/N-ethyl adjacent to an activating group) is 1. The number of piperazine rings is 1. The normalized spacial score (nSPS) is 14.6. The number of nitrogens with zero attached hydrogens (tertiary/aromatic N) is 3. The van der Waals surface area contributed by atoms with Crippen LogP contribution in [0, 0.1) is 25.7 Å². The smallest absolute Gasteiger partial charge is 0.481 e. The van der Waals surface area contributed by atoms with Crippen LogP contribution < -0.4 is 4.74 Å². The number of carboxylic acids is 1. The maximum absolute atomic E-state index is 10.6. The SMILES string of the molecule is Cc1ccc(OCC#Cc2cc(-c3n[nH]c4c3Cc3cc(CN5CCN(C)CC5)ccc3-4)cs2)cc1C.O=C(O)C(F)(F)F. The monoisotopic (exact) mass is 622 g/mol. The third kappa shape index (κ3) is 7.50. The molecular weight excluding hydrogens is 589 g/mol. The summed E-state index contributed by atoms with van der Waals surface area (Å²) in [5.74, 6) is 4.52. The fourth-order valence-corrected chi connectivity index (χ4v) is 5.92. The van der Waals surface area contributed by atoms with Crippen LogP contribution in [0.3, 0.4) is 0 Å². The maximum atomic E-state index is 10.6. The summed E-state index contributed by atoms with van der Waals surface area (Å²) in [5.41, 5.74) is 11.2. The van der Waals surface area contributed by atoms with Gasteiger partial charge >= 0.3 is 12.1 Å². The average molecular weight is 623 g/mol. The number of alkyl halides is 3. The molecule has 2 aliphatic rings. The number of nitrogens with one attached hydrogen (secondary N) is 1. The summed E-state index contributed by atoms with van der Waals surface area (Å²) in [5, 5.41) is 17.3. The quantitative estimate of drug-likeness (QED) is 0.230. The number of aromatic amines is 1. The number of ether oxygens (including phenoxy) is 1. The molecule has 11 heteroatoms. The van der Waals surface area contributed by atoms with E-state index in [9.17, 15) is 13.2 Å². The second kappa shape index (κ2) is 13.3. The van der Waals surface area contributed by atoms with Gasteiger partial charge in [0.1, 0.15) is 12.4 Å². The number of aliphatic carboxylic acids is 1. The van der Waals surface area contributed by atoms with Gasteiger partial charge in [-0.3, -0.25) is 10.00 Å². The number of aryl methyl sites for hydroxylation is 2. The lowest BCUT2D eigenvalue weighted by Gasteiger charge is -2.32. The Kier molecular flexibility index (Phi) is 9.44. The Bertz CT molecular complexity index is 1710. The van der Waals surface area contributed by atoms with Gasteiger partial charge in [-0.05, 0) is 61.3 Å². The molecule has 2 aromatic carbocycles. The van der Waals surface area contributed by atoms with E-state index in [0.717, 1.165) is 66.7 Å². The summed E-state index contributed by atoms with van der Waals surface area (Å²) in [4.78, 5) is 14.9. The highest BCUT2D eigenvalue weighted by Crippen LogP contribution is 2.41. The van der Waals surface area contributed by atoms with Gasteiger partial charge in [0.05, 0.1) is 16.3 Å². The molecule has 1 fully saturated rings. The van der Waals surface area contributed by atoms with Crippen LogP contribution >= 0.6 is 11.3 Å². The maximum Gasteiger partial charge on any atom is 0.490 e. The molecule has 3 heterocycles. The molecule has 1 aliphatic carbocycles. The van der Waals surface area contributed by atoms with Crippen LogP contribution in [0.25, 0.3) is 22.5 Å². The van der Waals surface area contributed by atoms with Crippen molar-refractivity contribution in [3.8, 4) is 40.1 Å². The van der Waals surface area contributed by atoms with E-state index in [1.807, 2.05) is 6.07 Å². The summed E-state index contributed by atoms with van der Waals surface area (Å²) in [7, 11) is 2.21. The molecule has 2 N–H and O–H groups in total. The number of hydrogen-bond donors (Lipinski definition) is 2. The van der Waals surface area contributed by atoms with E-state index in [-0.39, 0.29) is 0 Å². The Morgan fingerprint density at radius 2 is 1.84 bits per heavy atom. The van der Waals surface area contributed by atoms with Gasteiger partial charge in [-0.1, -0.05) is 36.1 Å². The van der Waals surface area contributed by atoms with E-state index in [1.54, 1.807) is 11.3 Å². The highest BCUT2D eigenvalue weighted by Gasteiger charge is 2.38. The molecule has 0 spiro atoms. The molecule has 0 saturated carbocycles. The number of fused-ring (bicyclic) bond motifs is 3. The number of halogens is 3. The van der Waals surface area contributed by atoms with Gasteiger partial charge in [-0.25, -0.2) is 4.79 Å². The number of benzene rings is 2. The standard InChI is InChI=1S/C31H32N4OS.C2HF3O2/c1-21-6-8-26(15-22(21)2)36-14-4-5-27-17-25(20-37-27)30-29-18-24-16-23(7-9-28(24)31(29)33-32-30)19-35-12-10-34(3)11-13-35;3-2(4,5)1(6)7/h6-9,15-17,20H,10-14,18-19H2,1-3H3,(H,32,33);(H,6,7). The van der Waals surface area contributed by atoms with Gasteiger partial charge in [0.2, 0.25) is 0 Å². The van der Waals surface area contributed by atoms with E-state index >= 15 is 0 Å². The van der Waals surface area contributed by atoms with Crippen LogP contribution in [0.5, 0.6) is 5.75 Å². The molecule has 0 unspecified atom stereocenters. The van der Waals surface area contributed by atoms with Gasteiger partial charge < -0.3 is 14.7 Å². The van der Waals surface area contributed by atoms with Crippen molar-refractivity contribution in [3.05, 3.63) is 80.5 Å². The highest BCUT2D eigenvalue weighted by atomic mass is 32.1. The van der Waals surface area contributed by atoms with Crippen LogP contribution in [0.4, 0.5) is 13.2 Å². The minimum absolute atomic E-state index is 0.374. The van der Waals surface area contributed by atoms with Crippen LogP contribution in [0.1, 0.15) is 32.7 Å². The van der Waals surface area contributed by atoms with Gasteiger partial charge in [0, 0.05) is 61.2 Å². The summed E-state index contributed by atoms with van der Waals surface area (Å²) < 4.78 is 37.5. The van der Waals surface area contributed by atoms with Gasteiger partial charge in [-0.2, -0.15) is 18.3 Å². The Labute approximate surface area is 258 Å². The van der Waals surface area contributed by atoms with Crippen molar-refractivity contribution in [1.29, 1.82) is 0 Å². The Morgan fingerprint density at radius 1 is 1.09 bits per heavy atom. The Balaban J connectivity index is 0.000000493. The average Bonchev–Trinajstić information content (AvgIpc) is 3.69. The number of H-pyrrole nitrogens is 1. The Hall–Kier alpha value is -4.11. The molecular formula is C33H33F3N4O3S. The first-order valence-corrected chi connectivity index (χ1v) is 15.0. The minimum atomic E-state index is -5.08. The third-order valence-corrected chi connectivity index (χ3v) is 8.64. The third-order valence-electron chi connectivity index (χ3n) is 7.79. The number of thiophene rings is 1. The number of aromatic nitrogens is 2. The summed E-state index contributed by atoms with van der Waals surface area (Å²) in [6.07, 6.45) is -4.16. The zero-order valence-corrected chi connectivity index (χ0v) is 25.5. The molecule has 0 amide bonds. The summed E-state index contributed by atoms with van der Waals surface area (Å²) >= 11 is 1.66. The molecule has 44 heavy (non-hydrogen) atoms. The molecule has 6 rings (SSSR count). The predicted octanol–water partition coefficient (Wildman–Crippen LogP) is 6.14. The van der Waals surface area contributed by atoms with Crippen LogP contribution in [0.2, 0.25) is 0 Å². The molecule has 1 saturated heterocycles. The summed E-state index contributed by atoms with van der Waals surface area (Å²) in [6.45, 7) is 10.2. The lowest BCUT2D eigenvalue weighted by atomic mass is 10.0. The van der Waals surface area contributed by atoms with Crippen LogP contribution in [0.15, 0.2) is 47.8 Å². The molecule has 1 aliphatic heterocycles. The zero-order valence-electron chi connectivity index (χ0n) is 24.7. The first-order valence-electron chi connectivity index (χ1n) is 14.2. The van der Waals surface area contributed by atoms with Crippen molar-refractivity contribution < 1.29 is 27.8 Å². The van der Waals surface area contributed by atoms with Gasteiger partial charge in [0.25, 0.3) is 0 Å². The van der Waals surface area contributed by atoms with Gasteiger partial charge in [0.15, 0.2) is 0 Å². The number of hydrogen-bond acceptors (Lipinski definition) is 6. The van der Waals surface area contributed by atoms with Crippen LogP contribution in [-0.2, 0) is 17.8 Å².